The molecule has 3 N–H and O–H groups in total. The summed E-state index contributed by atoms with van der Waals surface area (Å²) in [5.41, 5.74) is 5.05. The zero-order valence-corrected chi connectivity index (χ0v) is 11.6. The predicted octanol–water partition coefficient (Wildman–Crippen LogP) is 1.83. The number of nitrogens with two attached hydrogens (primary N) is 1. The average Bonchev–Trinajstić information content (AvgIpc) is 2.28. The van der Waals surface area contributed by atoms with Crippen molar-refractivity contribution < 1.29 is 9.90 Å². The Bertz CT molecular complexity index is 321. The number of aliphatic carboxylic acids is 1. The summed E-state index contributed by atoms with van der Waals surface area (Å²) >= 11 is 0. The van der Waals surface area contributed by atoms with Crippen LogP contribution in [0.2, 0.25) is 0 Å². The molecule has 2 rings (SSSR count). The van der Waals surface area contributed by atoms with Crippen LogP contribution in [0.15, 0.2) is 0 Å². The highest BCUT2D eigenvalue weighted by molar-refractivity contribution is 5.78. The molecule has 0 spiro atoms. The molecule has 18 heavy (non-hydrogen) atoms. The maximum absolute atomic E-state index is 11.3. The number of hydrogen-bond donors (Lipinski definition) is 2. The van der Waals surface area contributed by atoms with Crippen LogP contribution < -0.4 is 5.73 Å². The first-order valence-corrected chi connectivity index (χ1v) is 7.20. The lowest BCUT2D eigenvalue weighted by Gasteiger charge is -2.46. The molecule has 4 atom stereocenters. The maximum atomic E-state index is 11.3. The molecule has 0 aromatic carbocycles. The first-order valence-electron chi connectivity index (χ1n) is 7.20. The van der Waals surface area contributed by atoms with Gasteiger partial charge in [0, 0.05) is 12.1 Å². The Morgan fingerprint density at radius 1 is 1.39 bits per heavy atom. The van der Waals surface area contributed by atoms with Gasteiger partial charge in [-0.2, -0.15) is 0 Å². The quantitative estimate of drug-likeness (QED) is 0.789. The van der Waals surface area contributed by atoms with Crippen LogP contribution in [0.5, 0.6) is 0 Å². The molecule has 1 heterocycles. The topological polar surface area (TPSA) is 66.6 Å². The molecule has 4 unspecified atom stereocenters. The van der Waals surface area contributed by atoms with Crippen molar-refractivity contribution in [2.75, 3.05) is 6.54 Å². The summed E-state index contributed by atoms with van der Waals surface area (Å²) in [7, 11) is 0. The van der Waals surface area contributed by atoms with Gasteiger partial charge in [0.2, 0.25) is 0 Å². The fourth-order valence-electron chi connectivity index (χ4n) is 3.72. The molecule has 2 aliphatic rings. The molecule has 4 heteroatoms. The van der Waals surface area contributed by atoms with Crippen LogP contribution in [0.25, 0.3) is 0 Å². The third-order valence-electron chi connectivity index (χ3n) is 4.84. The van der Waals surface area contributed by atoms with Gasteiger partial charge in [0.05, 0.1) is 0 Å². The Labute approximate surface area is 110 Å². The number of piperidine rings is 1. The second-order valence-electron chi connectivity index (χ2n) is 6.43. The molecule has 1 saturated carbocycles. The summed E-state index contributed by atoms with van der Waals surface area (Å²) in [6.07, 6.45) is 5.72. The van der Waals surface area contributed by atoms with Gasteiger partial charge in [-0.15, -0.1) is 0 Å². The zero-order valence-electron chi connectivity index (χ0n) is 11.6. The van der Waals surface area contributed by atoms with Gasteiger partial charge in [-0.25, -0.2) is 0 Å². The third-order valence-corrected chi connectivity index (χ3v) is 4.84. The summed E-state index contributed by atoms with van der Waals surface area (Å²) < 4.78 is 0. The standard InChI is InChI=1S/C14H26N2O2/c1-10-5-7-16(11(2)8-10)12-4-3-6-14(15,9-12)13(17)18/h10-12H,3-9,15H2,1-2H3,(H,17,18). The molecule has 4 nitrogen and oxygen atoms in total. The SMILES string of the molecule is CC1CCN(C2CCCC(N)(C(=O)O)C2)C(C)C1. The van der Waals surface area contributed by atoms with E-state index in [1.807, 2.05) is 0 Å². The van der Waals surface area contributed by atoms with Crippen molar-refractivity contribution in [2.24, 2.45) is 11.7 Å². The highest BCUT2D eigenvalue weighted by Crippen LogP contribution is 2.34. The van der Waals surface area contributed by atoms with Crippen LogP contribution >= 0.6 is 0 Å². The van der Waals surface area contributed by atoms with Crippen molar-refractivity contribution in [3.63, 3.8) is 0 Å². The second kappa shape index (κ2) is 5.17. The van der Waals surface area contributed by atoms with Gasteiger partial charge < -0.3 is 10.8 Å². The number of carboxylic acid groups (broad SMARTS) is 1. The van der Waals surface area contributed by atoms with Crippen molar-refractivity contribution in [1.29, 1.82) is 0 Å². The molecule has 1 aliphatic heterocycles. The number of rotatable bonds is 2. The minimum Gasteiger partial charge on any atom is -0.480 e. The largest absolute Gasteiger partial charge is 0.480 e. The van der Waals surface area contributed by atoms with E-state index in [1.54, 1.807) is 0 Å². The van der Waals surface area contributed by atoms with Gasteiger partial charge in [0.1, 0.15) is 5.54 Å². The van der Waals surface area contributed by atoms with E-state index in [0.29, 0.717) is 24.9 Å². The Balaban J connectivity index is 2.03. The van der Waals surface area contributed by atoms with Crippen LogP contribution in [-0.4, -0.2) is 40.1 Å². The zero-order chi connectivity index (χ0) is 13.3. The number of hydrogen-bond acceptors (Lipinski definition) is 3. The first-order chi connectivity index (χ1) is 8.42. The van der Waals surface area contributed by atoms with Crippen molar-refractivity contribution >= 4 is 5.97 Å². The van der Waals surface area contributed by atoms with Crippen LogP contribution in [-0.2, 0) is 4.79 Å². The normalized spacial score (nSPS) is 42.7. The molecule has 0 bridgehead atoms. The van der Waals surface area contributed by atoms with E-state index in [9.17, 15) is 9.90 Å². The molecule has 0 radical (unpaired) electrons. The van der Waals surface area contributed by atoms with E-state index in [4.69, 9.17) is 5.73 Å². The molecular weight excluding hydrogens is 228 g/mol. The lowest BCUT2D eigenvalue weighted by Crippen LogP contribution is -2.57. The molecule has 1 aliphatic carbocycles. The van der Waals surface area contributed by atoms with Crippen LogP contribution in [0.4, 0.5) is 0 Å². The van der Waals surface area contributed by atoms with E-state index in [1.165, 1.54) is 12.8 Å². The molecular formula is C14H26N2O2. The van der Waals surface area contributed by atoms with E-state index in [0.717, 1.165) is 25.3 Å². The molecule has 0 aromatic rings. The number of carbonyl (C=O) groups is 1. The van der Waals surface area contributed by atoms with Gasteiger partial charge >= 0.3 is 5.97 Å². The summed E-state index contributed by atoms with van der Waals surface area (Å²) in [6.45, 7) is 5.67. The molecule has 0 aromatic heterocycles. The Morgan fingerprint density at radius 2 is 2.11 bits per heavy atom. The summed E-state index contributed by atoms with van der Waals surface area (Å²) in [4.78, 5) is 13.8. The average molecular weight is 254 g/mol. The minimum atomic E-state index is -0.994. The minimum absolute atomic E-state index is 0.363. The highest BCUT2D eigenvalue weighted by atomic mass is 16.4. The van der Waals surface area contributed by atoms with Gasteiger partial charge in [-0.3, -0.25) is 9.69 Å². The molecule has 0 amide bonds. The van der Waals surface area contributed by atoms with Gasteiger partial charge in [-0.05, 0) is 57.9 Å². The van der Waals surface area contributed by atoms with Crippen molar-refractivity contribution in [2.45, 2.75) is 70.0 Å². The lowest BCUT2D eigenvalue weighted by atomic mass is 9.78. The predicted molar refractivity (Wildman–Crippen MR) is 71.4 cm³/mol. The Hall–Kier alpha value is -0.610. The molecule has 2 fully saturated rings. The van der Waals surface area contributed by atoms with Crippen molar-refractivity contribution in [3.8, 4) is 0 Å². The van der Waals surface area contributed by atoms with E-state index in [2.05, 4.69) is 18.7 Å². The van der Waals surface area contributed by atoms with Crippen LogP contribution in [0.1, 0.15) is 52.4 Å². The van der Waals surface area contributed by atoms with Crippen LogP contribution in [0, 0.1) is 5.92 Å². The van der Waals surface area contributed by atoms with E-state index >= 15 is 0 Å². The van der Waals surface area contributed by atoms with E-state index < -0.39 is 11.5 Å². The lowest BCUT2D eigenvalue weighted by molar-refractivity contribution is -0.145. The summed E-state index contributed by atoms with van der Waals surface area (Å²) in [6, 6.07) is 0.928. The fourth-order valence-corrected chi connectivity index (χ4v) is 3.72. The third kappa shape index (κ3) is 2.69. The Kier molecular flexibility index (Phi) is 3.97. The maximum Gasteiger partial charge on any atom is 0.323 e. The number of carboxylic acids is 1. The van der Waals surface area contributed by atoms with Gasteiger partial charge in [0.25, 0.3) is 0 Å². The second-order valence-corrected chi connectivity index (χ2v) is 6.43. The summed E-state index contributed by atoms with van der Waals surface area (Å²) in [5, 5.41) is 9.28. The highest BCUT2D eigenvalue weighted by Gasteiger charge is 2.42. The Morgan fingerprint density at radius 3 is 2.72 bits per heavy atom. The smallest absolute Gasteiger partial charge is 0.323 e. The number of likely N-dealkylation sites (tertiary alicyclic amines) is 1. The van der Waals surface area contributed by atoms with Gasteiger partial charge in [-0.1, -0.05) is 6.92 Å². The summed E-state index contributed by atoms with van der Waals surface area (Å²) in [5.74, 6) is -0.0350. The van der Waals surface area contributed by atoms with Crippen molar-refractivity contribution in [1.82, 2.24) is 4.90 Å². The molecule has 104 valence electrons. The fraction of sp³-hybridized carbons (Fsp3) is 0.929. The van der Waals surface area contributed by atoms with Gasteiger partial charge in [0.15, 0.2) is 0 Å². The first kappa shape index (κ1) is 13.8. The molecule has 1 saturated heterocycles. The van der Waals surface area contributed by atoms with Crippen molar-refractivity contribution in [3.05, 3.63) is 0 Å². The van der Waals surface area contributed by atoms with E-state index in [-0.39, 0.29) is 0 Å². The number of nitrogens with zero attached hydrogens (tertiary/aromatic N) is 1. The van der Waals surface area contributed by atoms with Crippen LogP contribution in [0.3, 0.4) is 0 Å². The monoisotopic (exact) mass is 254 g/mol.